The molecule has 0 aliphatic carbocycles. The molecule has 1 aromatic carbocycles. The smallest absolute Gasteiger partial charge is 0.243 e. The van der Waals surface area contributed by atoms with Gasteiger partial charge in [-0.2, -0.15) is 4.98 Å². The molecule has 1 atom stereocenters. The molecule has 0 spiro atoms. The van der Waals surface area contributed by atoms with Crippen LogP contribution in [0.4, 0.5) is 0 Å². The van der Waals surface area contributed by atoms with Gasteiger partial charge in [0.15, 0.2) is 5.82 Å². The van der Waals surface area contributed by atoms with Crippen LogP contribution in [-0.4, -0.2) is 16.7 Å². The van der Waals surface area contributed by atoms with E-state index < -0.39 is 0 Å². The first-order valence-electron chi connectivity index (χ1n) is 6.91. The average Bonchev–Trinajstić information content (AvgIpc) is 2.88. The number of nitrogens with zero attached hydrogens (tertiary/aromatic N) is 2. The SMILES string of the molecule is CC(C)CC(N)c1nc(CCOc2ccccc2)no1. The molecule has 0 amide bonds. The summed E-state index contributed by atoms with van der Waals surface area (Å²) >= 11 is 0. The van der Waals surface area contributed by atoms with Crippen molar-refractivity contribution in [3.8, 4) is 5.75 Å². The summed E-state index contributed by atoms with van der Waals surface area (Å²) in [6.45, 7) is 4.75. The van der Waals surface area contributed by atoms with Crippen LogP contribution in [0, 0.1) is 5.92 Å². The Morgan fingerprint density at radius 2 is 2.00 bits per heavy atom. The number of para-hydroxylation sites is 1. The first-order chi connectivity index (χ1) is 9.65. The highest BCUT2D eigenvalue weighted by Crippen LogP contribution is 2.17. The molecule has 0 fully saturated rings. The highest BCUT2D eigenvalue weighted by Gasteiger charge is 2.15. The fourth-order valence-corrected chi connectivity index (χ4v) is 1.91. The lowest BCUT2D eigenvalue weighted by Gasteiger charge is -2.08. The molecule has 5 heteroatoms. The number of rotatable bonds is 7. The molecule has 108 valence electrons. The molecule has 1 heterocycles. The Bertz CT molecular complexity index is 511. The molecule has 5 nitrogen and oxygen atoms in total. The molecule has 20 heavy (non-hydrogen) atoms. The molecule has 0 aliphatic rings. The van der Waals surface area contributed by atoms with E-state index in [0.717, 1.165) is 12.2 Å². The fourth-order valence-electron chi connectivity index (χ4n) is 1.91. The van der Waals surface area contributed by atoms with Gasteiger partial charge in [-0.05, 0) is 24.5 Å². The van der Waals surface area contributed by atoms with E-state index in [1.54, 1.807) is 0 Å². The zero-order valence-corrected chi connectivity index (χ0v) is 12.0. The van der Waals surface area contributed by atoms with Gasteiger partial charge in [0.2, 0.25) is 5.89 Å². The van der Waals surface area contributed by atoms with Gasteiger partial charge < -0.3 is 15.0 Å². The zero-order valence-electron chi connectivity index (χ0n) is 12.0. The Balaban J connectivity index is 1.81. The van der Waals surface area contributed by atoms with E-state index in [-0.39, 0.29) is 6.04 Å². The van der Waals surface area contributed by atoms with Crippen molar-refractivity contribution in [1.82, 2.24) is 10.1 Å². The molecule has 2 N–H and O–H groups in total. The second kappa shape index (κ2) is 7.05. The summed E-state index contributed by atoms with van der Waals surface area (Å²) in [5.74, 6) is 2.48. The molecule has 1 unspecified atom stereocenters. The van der Waals surface area contributed by atoms with Crippen molar-refractivity contribution < 1.29 is 9.26 Å². The van der Waals surface area contributed by atoms with Gasteiger partial charge in [-0.1, -0.05) is 37.2 Å². The first kappa shape index (κ1) is 14.5. The van der Waals surface area contributed by atoms with E-state index in [2.05, 4.69) is 24.0 Å². The van der Waals surface area contributed by atoms with Gasteiger partial charge in [-0.3, -0.25) is 0 Å². The van der Waals surface area contributed by atoms with Crippen LogP contribution in [0.2, 0.25) is 0 Å². The van der Waals surface area contributed by atoms with Gasteiger partial charge in [0.05, 0.1) is 12.6 Å². The van der Waals surface area contributed by atoms with Crippen LogP contribution < -0.4 is 10.5 Å². The van der Waals surface area contributed by atoms with Gasteiger partial charge in [0.25, 0.3) is 0 Å². The van der Waals surface area contributed by atoms with Gasteiger partial charge in [0.1, 0.15) is 5.75 Å². The summed E-state index contributed by atoms with van der Waals surface area (Å²) < 4.78 is 10.8. The van der Waals surface area contributed by atoms with E-state index in [1.807, 2.05) is 30.3 Å². The summed E-state index contributed by atoms with van der Waals surface area (Å²) in [4.78, 5) is 4.31. The minimum absolute atomic E-state index is 0.189. The van der Waals surface area contributed by atoms with E-state index in [0.29, 0.717) is 30.7 Å². The predicted octanol–water partition coefficient (Wildman–Crippen LogP) is 2.74. The number of nitrogens with two attached hydrogens (primary N) is 1. The van der Waals surface area contributed by atoms with E-state index in [4.69, 9.17) is 15.0 Å². The van der Waals surface area contributed by atoms with E-state index in [9.17, 15) is 0 Å². The maximum Gasteiger partial charge on any atom is 0.243 e. The molecule has 1 aromatic heterocycles. The molecular weight excluding hydrogens is 254 g/mol. The summed E-state index contributed by atoms with van der Waals surface area (Å²) in [6, 6.07) is 9.47. The normalized spacial score (nSPS) is 12.6. The Morgan fingerprint density at radius 1 is 1.25 bits per heavy atom. The third-order valence-corrected chi connectivity index (χ3v) is 2.86. The van der Waals surface area contributed by atoms with E-state index in [1.165, 1.54) is 0 Å². The van der Waals surface area contributed by atoms with Crippen LogP contribution in [-0.2, 0) is 6.42 Å². The van der Waals surface area contributed by atoms with Gasteiger partial charge in [-0.15, -0.1) is 0 Å². The molecule has 0 saturated heterocycles. The summed E-state index contributed by atoms with van der Waals surface area (Å²) in [7, 11) is 0. The largest absolute Gasteiger partial charge is 0.493 e. The second-order valence-corrected chi connectivity index (χ2v) is 5.20. The number of benzene rings is 1. The lowest BCUT2D eigenvalue weighted by Crippen LogP contribution is -2.13. The molecule has 0 aliphatic heterocycles. The van der Waals surface area contributed by atoms with Crippen molar-refractivity contribution in [2.45, 2.75) is 32.7 Å². The quantitative estimate of drug-likeness (QED) is 0.841. The van der Waals surface area contributed by atoms with Crippen LogP contribution in [0.5, 0.6) is 5.75 Å². The Kier molecular flexibility index (Phi) is 5.12. The lowest BCUT2D eigenvalue weighted by atomic mass is 10.0. The maximum atomic E-state index is 6.00. The summed E-state index contributed by atoms with van der Waals surface area (Å²) in [6.07, 6.45) is 1.44. The number of ether oxygens (including phenoxy) is 1. The lowest BCUT2D eigenvalue weighted by molar-refractivity contribution is 0.310. The first-order valence-corrected chi connectivity index (χ1v) is 6.91. The van der Waals surface area contributed by atoms with Crippen LogP contribution in [0.15, 0.2) is 34.9 Å². The van der Waals surface area contributed by atoms with Crippen molar-refractivity contribution >= 4 is 0 Å². The predicted molar refractivity (Wildman–Crippen MR) is 76.3 cm³/mol. The van der Waals surface area contributed by atoms with Crippen LogP contribution in [0.3, 0.4) is 0 Å². The third-order valence-electron chi connectivity index (χ3n) is 2.86. The van der Waals surface area contributed by atoms with E-state index >= 15 is 0 Å². The van der Waals surface area contributed by atoms with Crippen molar-refractivity contribution in [2.75, 3.05) is 6.61 Å². The van der Waals surface area contributed by atoms with Crippen LogP contribution >= 0.6 is 0 Å². The second-order valence-electron chi connectivity index (χ2n) is 5.20. The highest BCUT2D eigenvalue weighted by atomic mass is 16.5. The standard InChI is InChI=1S/C15H21N3O2/c1-11(2)10-13(16)15-17-14(18-20-15)8-9-19-12-6-4-3-5-7-12/h3-7,11,13H,8-10,16H2,1-2H3. The Morgan fingerprint density at radius 3 is 2.70 bits per heavy atom. The fraction of sp³-hybridized carbons (Fsp3) is 0.467. The summed E-state index contributed by atoms with van der Waals surface area (Å²) in [5, 5.41) is 3.93. The van der Waals surface area contributed by atoms with Crippen LogP contribution in [0.1, 0.15) is 38.0 Å². The van der Waals surface area contributed by atoms with Gasteiger partial charge >= 0.3 is 0 Å². The van der Waals surface area contributed by atoms with Crippen molar-refractivity contribution in [3.05, 3.63) is 42.0 Å². The Labute approximate surface area is 119 Å². The molecule has 2 aromatic rings. The zero-order chi connectivity index (χ0) is 14.4. The van der Waals surface area contributed by atoms with Crippen molar-refractivity contribution in [2.24, 2.45) is 11.7 Å². The topological polar surface area (TPSA) is 74.2 Å². The number of aromatic nitrogens is 2. The van der Waals surface area contributed by atoms with Gasteiger partial charge in [0, 0.05) is 6.42 Å². The summed E-state index contributed by atoms with van der Waals surface area (Å²) in [5.41, 5.74) is 6.00. The minimum atomic E-state index is -0.189. The molecule has 2 rings (SSSR count). The number of hydrogen-bond donors (Lipinski definition) is 1. The van der Waals surface area contributed by atoms with Crippen LogP contribution in [0.25, 0.3) is 0 Å². The van der Waals surface area contributed by atoms with Crippen molar-refractivity contribution in [3.63, 3.8) is 0 Å². The number of hydrogen-bond acceptors (Lipinski definition) is 5. The highest BCUT2D eigenvalue weighted by molar-refractivity contribution is 5.20. The Hall–Kier alpha value is -1.88. The monoisotopic (exact) mass is 275 g/mol. The van der Waals surface area contributed by atoms with Crippen molar-refractivity contribution in [1.29, 1.82) is 0 Å². The third kappa shape index (κ3) is 4.35. The average molecular weight is 275 g/mol. The molecule has 0 saturated carbocycles. The maximum absolute atomic E-state index is 6.00. The molecule has 0 bridgehead atoms. The molecular formula is C15H21N3O2. The molecule has 0 radical (unpaired) electrons. The van der Waals surface area contributed by atoms with Gasteiger partial charge in [-0.25, -0.2) is 0 Å². The minimum Gasteiger partial charge on any atom is -0.493 e.